The van der Waals surface area contributed by atoms with Crippen LogP contribution in [0.3, 0.4) is 0 Å². The third-order valence-corrected chi connectivity index (χ3v) is 5.35. The molecule has 2 fully saturated rings. The van der Waals surface area contributed by atoms with Gasteiger partial charge >= 0.3 is 12.3 Å². The molecular formula is C16H15ClF3N3O2. The monoisotopic (exact) mass is 373 g/mol. The van der Waals surface area contributed by atoms with E-state index in [0.29, 0.717) is 5.69 Å². The lowest BCUT2D eigenvalue weighted by Gasteiger charge is -2.17. The van der Waals surface area contributed by atoms with Gasteiger partial charge < -0.3 is 4.74 Å². The zero-order chi connectivity index (χ0) is 17.9. The smallest absolute Gasteiger partial charge is 0.428 e. The molecule has 5 nitrogen and oxygen atoms in total. The fraction of sp³-hybridized carbons (Fsp3) is 0.500. The van der Waals surface area contributed by atoms with Crippen molar-refractivity contribution >= 4 is 17.7 Å². The Morgan fingerprint density at radius 1 is 1.52 bits per heavy atom. The van der Waals surface area contributed by atoms with Crippen LogP contribution in [0.4, 0.5) is 18.0 Å². The Morgan fingerprint density at radius 3 is 2.96 bits per heavy atom. The molecule has 0 bridgehead atoms. The van der Waals surface area contributed by atoms with Gasteiger partial charge in [-0.05, 0) is 36.8 Å². The number of hydrogen-bond donors (Lipinski definition) is 1. The van der Waals surface area contributed by atoms with Gasteiger partial charge in [0.2, 0.25) is 0 Å². The number of amides is 1. The van der Waals surface area contributed by atoms with Crippen LogP contribution >= 0.6 is 11.6 Å². The van der Waals surface area contributed by atoms with Crippen molar-refractivity contribution in [3.05, 3.63) is 40.3 Å². The van der Waals surface area contributed by atoms with Crippen LogP contribution in [-0.2, 0) is 10.9 Å². The number of rotatable bonds is 2. The van der Waals surface area contributed by atoms with E-state index in [0.717, 1.165) is 24.3 Å². The lowest BCUT2D eigenvalue weighted by atomic mass is 10.0. The largest absolute Gasteiger partial charge is 0.449 e. The summed E-state index contributed by atoms with van der Waals surface area (Å²) in [6, 6.07) is 0.985. The van der Waals surface area contributed by atoms with Crippen LogP contribution in [0.5, 0.6) is 0 Å². The predicted octanol–water partition coefficient (Wildman–Crippen LogP) is 3.72. The van der Waals surface area contributed by atoms with Crippen molar-refractivity contribution in [2.75, 3.05) is 6.61 Å². The molecule has 25 heavy (non-hydrogen) atoms. The van der Waals surface area contributed by atoms with E-state index in [1.807, 2.05) is 0 Å². The number of hydrogen-bond acceptors (Lipinski definition) is 4. The highest BCUT2D eigenvalue weighted by atomic mass is 35.5. The van der Waals surface area contributed by atoms with Crippen LogP contribution in [-0.4, -0.2) is 28.7 Å². The van der Waals surface area contributed by atoms with Gasteiger partial charge in [0.1, 0.15) is 0 Å². The molecule has 2 heterocycles. The van der Waals surface area contributed by atoms with Crippen molar-refractivity contribution < 1.29 is 22.7 Å². The van der Waals surface area contributed by atoms with E-state index in [4.69, 9.17) is 16.3 Å². The second kappa shape index (κ2) is 5.60. The maximum absolute atomic E-state index is 13.0. The van der Waals surface area contributed by atoms with Gasteiger partial charge in [0.15, 0.2) is 0 Å². The molecule has 1 aromatic rings. The highest BCUT2D eigenvalue weighted by molar-refractivity contribution is 6.31. The summed E-state index contributed by atoms with van der Waals surface area (Å²) in [5, 5.41) is 0.918. The van der Waals surface area contributed by atoms with Gasteiger partial charge in [0.05, 0.1) is 23.2 Å². The van der Waals surface area contributed by atoms with Crippen LogP contribution in [0.1, 0.15) is 30.5 Å². The van der Waals surface area contributed by atoms with Gasteiger partial charge in [-0.25, -0.2) is 15.2 Å². The summed E-state index contributed by atoms with van der Waals surface area (Å²) in [5.41, 5.74) is 3.70. The summed E-state index contributed by atoms with van der Waals surface area (Å²) in [7, 11) is 0. The van der Waals surface area contributed by atoms with Gasteiger partial charge in [0.25, 0.3) is 0 Å². The normalized spacial score (nSPS) is 30.0. The molecule has 134 valence electrons. The number of halogens is 4. The average molecular weight is 374 g/mol. The van der Waals surface area contributed by atoms with Crippen LogP contribution in [0.2, 0.25) is 5.02 Å². The highest BCUT2D eigenvalue weighted by Crippen LogP contribution is 2.65. The van der Waals surface area contributed by atoms with Gasteiger partial charge in [-0.2, -0.15) is 13.2 Å². The van der Waals surface area contributed by atoms with E-state index in [9.17, 15) is 18.0 Å². The first-order valence-corrected chi connectivity index (χ1v) is 8.34. The minimum Gasteiger partial charge on any atom is -0.449 e. The molecule has 2 saturated carbocycles. The maximum atomic E-state index is 13.0. The van der Waals surface area contributed by atoms with Gasteiger partial charge in [0, 0.05) is 24.0 Å². The highest BCUT2D eigenvalue weighted by Gasteiger charge is 2.63. The molecule has 3 aliphatic rings. The van der Waals surface area contributed by atoms with Crippen molar-refractivity contribution in [3.63, 3.8) is 0 Å². The van der Waals surface area contributed by atoms with E-state index in [1.54, 1.807) is 13.1 Å². The third kappa shape index (κ3) is 2.67. The molecule has 9 heteroatoms. The van der Waals surface area contributed by atoms with Gasteiger partial charge in [-0.1, -0.05) is 11.6 Å². The Hall–Kier alpha value is -1.80. The number of pyridine rings is 1. The molecule has 0 radical (unpaired) electrons. The fourth-order valence-corrected chi connectivity index (χ4v) is 4.20. The number of carbonyl (C=O) groups excluding carboxylic acids is 1. The second-order valence-corrected chi connectivity index (χ2v) is 6.84. The Kier molecular flexibility index (Phi) is 3.73. The number of carbonyl (C=O) groups is 1. The summed E-state index contributed by atoms with van der Waals surface area (Å²) >= 11 is 5.64. The standard InChI is InChI=1S/C16H15ClF3N3O2/c1-2-25-15(24)23-6-7-3-8-12(13(8)14(7)22-23)11-4-9(16(18,19)20)10(17)5-21-11/h4-6,8,12-14,22H,2-3H2,1H3. The molecule has 4 unspecified atom stereocenters. The zero-order valence-electron chi connectivity index (χ0n) is 13.2. The Balaban J connectivity index is 1.52. The number of hydrazine groups is 1. The predicted molar refractivity (Wildman–Crippen MR) is 82.5 cm³/mol. The van der Waals surface area contributed by atoms with Crippen molar-refractivity contribution in [2.24, 2.45) is 11.8 Å². The van der Waals surface area contributed by atoms with E-state index < -0.39 is 22.9 Å². The number of fused-ring (bicyclic) bond motifs is 3. The quantitative estimate of drug-likeness (QED) is 0.858. The molecule has 0 saturated heterocycles. The fourth-order valence-electron chi connectivity index (χ4n) is 3.99. The summed E-state index contributed by atoms with van der Waals surface area (Å²) in [6.45, 7) is 1.99. The zero-order valence-corrected chi connectivity index (χ0v) is 13.9. The maximum Gasteiger partial charge on any atom is 0.428 e. The van der Waals surface area contributed by atoms with Gasteiger partial charge in [-0.3, -0.25) is 4.98 Å². The number of aromatic nitrogens is 1. The molecule has 1 amide bonds. The summed E-state index contributed by atoms with van der Waals surface area (Å²) in [6.07, 6.45) is -1.47. The summed E-state index contributed by atoms with van der Waals surface area (Å²) in [5.74, 6) is 0.304. The van der Waals surface area contributed by atoms with Crippen LogP contribution in [0.25, 0.3) is 0 Å². The molecule has 1 aromatic heterocycles. The molecule has 0 aromatic carbocycles. The summed E-state index contributed by atoms with van der Waals surface area (Å²) < 4.78 is 44.1. The lowest BCUT2D eigenvalue weighted by Crippen LogP contribution is -2.41. The van der Waals surface area contributed by atoms with Crippen molar-refractivity contribution in [3.8, 4) is 0 Å². The minimum absolute atomic E-state index is 0.0600. The van der Waals surface area contributed by atoms with E-state index in [1.165, 1.54) is 5.01 Å². The lowest BCUT2D eigenvalue weighted by molar-refractivity contribution is -0.137. The molecule has 4 atom stereocenters. The minimum atomic E-state index is -4.50. The SMILES string of the molecule is CCOC(=O)N1C=C2CC3C(c4cc(C(F)(F)F)c(Cl)cn4)C3C2N1. The number of nitrogens with one attached hydrogen (secondary N) is 1. The first-order valence-electron chi connectivity index (χ1n) is 7.96. The van der Waals surface area contributed by atoms with E-state index in [-0.39, 0.29) is 30.4 Å². The van der Waals surface area contributed by atoms with Crippen LogP contribution in [0, 0.1) is 11.8 Å². The average Bonchev–Trinajstić information content (AvgIpc) is 2.89. The van der Waals surface area contributed by atoms with E-state index in [2.05, 4.69) is 10.4 Å². The number of alkyl halides is 3. The molecule has 1 N–H and O–H groups in total. The van der Waals surface area contributed by atoms with Crippen molar-refractivity contribution in [1.29, 1.82) is 0 Å². The third-order valence-electron chi connectivity index (χ3n) is 5.05. The topological polar surface area (TPSA) is 54.5 Å². The van der Waals surface area contributed by atoms with Crippen molar-refractivity contribution in [2.45, 2.75) is 31.5 Å². The number of nitrogens with zero attached hydrogens (tertiary/aromatic N) is 2. The van der Waals surface area contributed by atoms with Crippen LogP contribution in [0.15, 0.2) is 24.0 Å². The first-order chi connectivity index (χ1) is 11.8. The molecule has 1 aliphatic heterocycles. The molecule has 4 rings (SSSR count). The second-order valence-electron chi connectivity index (χ2n) is 6.44. The number of ether oxygens (including phenoxy) is 1. The van der Waals surface area contributed by atoms with Gasteiger partial charge in [-0.15, -0.1) is 0 Å². The Bertz CT molecular complexity index is 767. The molecule has 2 aliphatic carbocycles. The van der Waals surface area contributed by atoms with Crippen molar-refractivity contribution in [1.82, 2.24) is 15.4 Å². The van der Waals surface area contributed by atoms with Crippen LogP contribution < -0.4 is 5.43 Å². The Morgan fingerprint density at radius 2 is 2.28 bits per heavy atom. The first kappa shape index (κ1) is 16.7. The van der Waals surface area contributed by atoms with E-state index >= 15 is 0 Å². The molecular weight excluding hydrogens is 359 g/mol. The summed E-state index contributed by atoms with van der Waals surface area (Å²) in [4.78, 5) is 15.9. The molecule has 0 spiro atoms. The Labute approximate surface area is 146 Å².